The lowest BCUT2D eigenvalue weighted by molar-refractivity contribution is 0.793. The fraction of sp³-hybridized carbons (Fsp3) is 0.0130. The number of aromatic nitrogens is 1. The molecular weight excluding hydrogens is 953 g/mol. The predicted molar refractivity (Wildman–Crippen MR) is 331 cm³/mol. The van der Waals surface area contributed by atoms with Crippen LogP contribution in [0.25, 0.3) is 105 Å². The average molecular weight is 1000 g/mol. The molecule has 0 N–H and O–H groups in total. The zero-order valence-corrected chi connectivity index (χ0v) is 43.3. The van der Waals surface area contributed by atoms with Gasteiger partial charge >= 0.3 is 0 Å². The highest BCUT2D eigenvalue weighted by Crippen LogP contribution is 2.63. The van der Waals surface area contributed by atoms with Gasteiger partial charge in [0.1, 0.15) is 0 Å². The second-order valence-corrected chi connectivity index (χ2v) is 21.2. The van der Waals surface area contributed by atoms with Crippen molar-refractivity contribution >= 4 is 49.6 Å². The molecule has 1 heterocycles. The van der Waals surface area contributed by atoms with Gasteiger partial charge in [0.15, 0.2) is 0 Å². The third-order valence-electron chi connectivity index (χ3n) is 17.0. The molecule has 2 nitrogen and oxygen atoms in total. The lowest BCUT2D eigenvalue weighted by Gasteiger charge is -2.32. The molecule has 2 aliphatic carbocycles. The van der Waals surface area contributed by atoms with Crippen LogP contribution in [0.2, 0.25) is 0 Å². The van der Waals surface area contributed by atoms with Gasteiger partial charge in [-0.15, -0.1) is 0 Å². The molecule has 0 unspecified atom stereocenters. The molecule has 0 aliphatic heterocycles. The monoisotopic (exact) mass is 1000 g/mol. The zero-order valence-electron chi connectivity index (χ0n) is 43.3. The molecule has 79 heavy (non-hydrogen) atoms. The Kier molecular flexibility index (Phi) is 10.2. The molecule has 1 spiro atoms. The number of benzene rings is 13. The van der Waals surface area contributed by atoms with E-state index in [2.05, 4.69) is 313 Å². The zero-order chi connectivity index (χ0) is 52.0. The first-order valence-electron chi connectivity index (χ1n) is 27.4. The summed E-state index contributed by atoms with van der Waals surface area (Å²) >= 11 is 0. The van der Waals surface area contributed by atoms with E-state index in [0.717, 1.165) is 28.3 Å². The lowest BCUT2D eigenvalue weighted by Crippen LogP contribution is -2.26. The maximum Gasteiger partial charge on any atom is 0.0726 e. The number of nitrogens with zero attached hydrogens (tertiary/aromatic N) is 2. The summed E-state index contributed by atoms with van der Waals surface area (Å²) in [5.41, 5.74) is 26.5. The highest BCUT2D eigenvalue weighted by Gasteiger charge is 2.51. The second-order valence-electron chi connectivity index (χ2n) is 21.2. The molecule has 0 saturated heterocycles. The van der Waals surface area contributed by atoms with E-state index in [0.29, 0.717) is 0 Å². The Labute approximate surface area is 460 Å². The van der Waals surface area contributed by atoms with Crippen LogP contribution in [0.15, 0.2) is 303 Å². The van der Waals surface area contributed by atoms with E-state index in [-0.39, 0.29) is 0 Å². The first-order chi connectivity index (χ1) is 39.2. The van der Waals surface area contributed by atoms with Crippen LogP contribution >= 0.6 is 0 Å². The van der Waals surface area contributed by atoms with Crippen LogP contribution in [0.3, 0.4) is 0 Å². The van der Waals surface area contributed by atoms with Crippen LogP contribution in [0, 0.1) is 0 Å². The predicted octanol–water partition coefficient (Wildman–Crippen LogP) is 20.4. The van der Waals surface area contributed by atoms with Crippen LogP contribution in [-0.4, -0.2) is 4.57 Å². The first kappa shape index (κ1) is 45.0. The highest BCUT2D eigenvalue weighted by atomic mass is 15.1. The Balaban J connectivity index is 0.792. The average Bonchev–Trinajstić information content (AvgIpc) is 4.18. The SMILES string of the molecule is c1ccc(-c2ccc(-n3c4ccccc4c4cc(-c5cccc(-c6ccc(N(c7ccc(-c8cccc9ccccc89)cc7)c7ccc8c(c7)C7(c9ccccc9-c9ccccc97)c7ccccc7-8)cc6)c5)ccc43)cc2)cc1. The summed E-state index contributed by atoms with van der Waals surface area (Å²) in [5, 5.41) is 4.98. The van der Waals surface area contributed by atoms with Crippen molar-refractivity contribution in [1.82, 2.24) is 4.57 Å². The van der Waals surface area contributed by atoms with E-state index in [1.54, 1.807) is 0 Å². The van der Waals surface area contributed by atoms with Crippen LogP contribution in [0.4, 0.5) is 17.1 Å². The van der Waals surface area contributed by atoms with E-state index in [1.807, 2.05) is 0 Å². The van der Waals surface area contributed by atoms with Crippen LogP contribution in [-0.2, 0) is 5.41 Å². The summed E-state index contributed by atoms with van der Waals surface area (Å²) in [6, 6.07) is 112. The van der Waals surface area contributed by atoms with Crippen molar-refractivity contribution in [2.24, 2.45) is 0 Å². The quantitative estimate of drug-likeness (QED) is 0.147. The van der Waals surface area contributed by atoms with Crippen molar-refractivity contribution < 1.29 is 0 Å². The van der Waals surface area contributed by atoms with Gasteiger partial charge in [-0.3, -0.25) is 0 Å². The molecule has 2 heteroatoms. The topological polar surface area (TPSA) is 8.17 Å². The van der Waals surface area contributed by atoms with Gasteiger partial charge in [-0.2, -0.15) is 0 Å². The van der Waals surface area contributed by atoms with Gasteiger partial charge < -0.3 is 9.47 Å². The van der Waals surface area contributed by atoms with Crippen molar-refractivity contribution in [2.75, 3.05) is 4.90 Å². The molecule has 0 bridgehead atoms. The van der Waals surface area contributed by atoms with Gasteiger partial charge in [0.2, 0.25) is 0 Å². The van der Waals surface area contributed by atoms with Gasteiger partial charge in [-0.1, -0.05) is 231 Å². The van der Waals surface area contributed by atoms with Gasteiger partial charge in [0, 0.05) is 33.5 Å². The molecular formula is C77H50N2. The lowest BCUT2D eigenvalue weighted by atomic mass is 9.70. The van der Waals surface area contributed by atoms with Crippen molar-refractivity contribution in [3.05, 3.63) is 326 Å². The molecule has 368 valence electrons. The van der Waals surface area contributed by atoms with Gasteiger partial charge in [-0.05, 0) is 173 Å². The van der Waals surface area contributed by atoms with Crippen molar-refractivity contribution in [2.45, 2.75) is 5.41 Å². The Morgan fingerprint density at radius 1 is 0.241 bits per heavy atom. The minimum atomic E-state index is -0.454. The molecule has 2 aliphatic rings. The van der Waals surface area contributed by atoms with Crippen LogP contribution in [0.5, 0.6) is 0 Å². The van der Waals surface area contributed by atoms with Gasteiger partial charge in [-0.25, -0.2) is 0 Å². The number of hydrogen-bond donors (Lipinski definition) is 0. The minimum Gasteiger partial charge on any atom is -0.310 e. The highest BCUT2D eigenvalue weighted by molar-refractivity contribution is 6.10. The largest absolute Gasteiger partial charge is 0.310 e. The second kappa shape index (κ2) is 17.9. The summed E-state index contributed by atoms with van der Waals surface area (Å²) in [4.78, 5) is 2.44. The smallest absolute Gasteiger partial charge is 0.0726 e. The molecule has 0 atom stereocenters. The minimum absolute atomic E-state index is 0.454. The molecule has 0 fully saturated rings. The standard InChI is InChI=1S/C77H50N2/c1-2-16-51(17-3-1)52-32-41-61(42-33-52)79-75-31-13-9-26-69(75)70-49-58(38-47-76(70)79)57-21-14-20-56(48-57)53-34-39-59(40-35-53)78(60-43-36-55(37-44-60)64-27-15-19-54-18-4-5-22-63(54)64)62-45-46-68-67-25-8-12-30-73(67)77(74(68)50-62)71-28-10-6-23-65(71)66-24-7-11-29-72(66)77/h1-50H. The summed E-state index contributed by atoms with van der Waals surface area (Å²) in [5.74, 6) is 0. The maximum absolute atomic E-state index is 2.49. The Morgan fingerprint density at radius 3 is 1.38 bits per heavy atom. The molecule has 0 radical (unpaired) electrons. The first-order valence-corrected chi connectivity index (χ1v) is 27.4. The number of rotatable bonds is 8. The van der Waals surface area contributed by atoms with E-state index in [9.17, 15) is 0 Å². The molecule has 0 amide bonds. The Morgan fingerprint density at radius 2 is 0.684 bits per heavy atom. The number of hydrogen-bond acceptors (Lipinski definition) is 1. The number of para-hydroxylation sites is 1. The van der Waals surface area contributed by atoms with Crippen LogP contribution in [0.1, 0.15) is 22.3 Å². The van der Waals surface area contributed by atoms with Crippen molar-refractivity contribution in [3.8, 4) is 72.4 Å². The fourth-order valence-corrected chi connectivity index (χ4v) is 13.5. The van der Waals surface area contributed by atoms with Crippen molar-refractivity contribution in [1.29, 1.82) is 0 Å². The number of anilines is 3. The summed E-state index contributed by atoms with van der Waals surface area (Å²) in [6.07, 6.45) is 0. The van der Waals surface area contributed by atoms with E-state index >= 15 is 0 Å². The Bertz CT molecular complexity index is 4630. The molecule has 0 saturated carbocycles. The molecule has 16 rings (SSSR count). The maximum atomic E-state index is 2.49. The van der Waals surface area contributed by atoms with E-state index in [1.165, 1.54) is 116 Å². The van der Waals surface area contributed by atoms with Crippen LogP contribution < -0.4 is 4.90 Å². The summed E-state index contributed by atoms with van der Waals surface area (Å²) in [6.45, 7) is 0. The number of fused-ring (bicyclic) bond motifs is 14. The molecule has 14 aromatic rings. The molecule has 1 aromatic heterocycles. The van der Waals surface area contributed by atoms with Gasteiger partial charge in [0.25, 0.3) is 0 Å². The normalized spacial score (nSPS) is 12.7. The van der Waals surface area contributed by atoms with Crippen molar-refractivity contribution in [3.63, 3.8) is 0 Å². The Hall–Kier alpha value is -10.3. The third-order valence-corrected chi connectivity index (χ3v) is 17.0. The van der Waals surface area contributed by atoms with Gasteiger partial charge in [0.05, 0.1) is 16.4 Å². The van der Waals surface area contributed by atoms with E-state index in [4.69, 9.17) is 0 Å². The summed E-state index contributed by atoms with van der Waals surface area (Å²) in [7, 11) is 0. The summed E-state index contributed by atoms with van der Waals surface area (Å²) < 4.78 is 2.40. The third kappa shape index (κ3) is 6.98. The molecule has 13 aromatic carbocycles. The van der Waals surface area contributed by atoms with E-state index < -0.39 is 5.41 Å². The fourth-order valence-electron chi connectivity index (χ4n) is 13.5.